The van der Waals surface area contributed by atoms with E-state index in [0.29, 0.717) is 5.56 Å². The zero-order valence-electron chi connectivity index (χ0n) is 15.5. The molecule has 1 aliphatic heterocycles. The van der Waals surface area contributed by atoms with Gasteiger partial charge >= 0.3 is 11.9 Å². The van der Waals surface area contributed by atoms with Crippen LogP contribution >= 0.6 is 0 Å². The van der Waals surface area contributed by atoms with Gasteiger partial charge < -0.3 is 14.8 Å². The number of methoxy groups -OCH3 is 1. The maximum absolute atomic E-state index is 12.7. The van der Waals surface area contributed by atoms with Crippen LogP contribution in [0.1, 0.15) is 20.7 Å². The van der Waals surface area contributed by atoms with Crippen molar-refractivity contribution in [3.05, 3.63) is 59.7 Å². The van der Waals surface area contributed by atoms with Crippen molar-refractivity contribution in [3.63, 3.8) is 0 Å². The lowest BCUT2D eigenvalue weighted by Crippen LogP contribution is -2.49. The summed E-state index contributed by atoms with van der Waals surface area (Å²) in [5, 5.41) is 2.56. The van der Waals surface area contributed by atoms with Crippen LogP contribution in [0.25, 0.3) is 0 Å². The minimum atomic E-state index is -3.93. The highest BCUT2D eigenvalue weighted by Crippen LogP contribution is 2.20. The van der Waals surface area contributed by atoms with E-state index in [4.69, 9.17) is 4.74 Å². The maximum Gasteiger partial charge on any atom is 0.343 e. The van der Waals surface area contributed by atoms with Crippen molar-refractivity contribution < 1.29 is 32.3 Å². The summed E-state index contributed by atoms with van der Waals surface area (Å²) < 4.78 is 36.4. The minimum Gasteiger partial charge on any atom is -0.465 e. The summed E-state index contributed by atoms with van der Waals surface area (Å²) in [6.45, 7) is 0.0974. The number of sulfonamides is 1. The number of rotatable bonds is 5. The summed E-state index contributed by atoms with van der Waals surface area (Å²) in [5.74, 6) is -1.48. The Morgan fingerprint density at radius 1 is 1.03 bits per heavy atom. The van der Waals surface area contributed by atoms with Gasteiger partial charge in [0, 0.05) is 13.1 Å². The quantitative estimate of drug-likeness (QED) is 0.564. The van der Waals surface area contributed by atoms with E-state index in [1.54, 1.807) is 0 Å². The van der Waals surface area contributed by atoms with Gasteiger partial charge in [0.2, 0.25) is 15.9 Å². The van der Waals surface area contributed by atoms with Crippen molar-refractivity contribution in [3.8, 4) is 5.75 Å². The smallest absolute Gasteiger partial charge is 0.343 e. The number of carbonyl (C=O) groups excluding carboxylic acids is 3. The molecule has 0 bridgehead atoms. The Kier molecular flexibility index (Phi) is 5.95. The number of hydrogen-bond acceptors (Lipinski definition) is 7. The van der Waals surface area contributed by atoms with Crippen molar-refractivity contribution in [1.29, 1.82) is 0 Å². The van der Waals surface area contributed by atoms with E-state index in [0.717, 1.165) is 4.31 Å². The molecule has 1 N–H and O–H groups in total. The van der Waals surface area contributed by atoms with Crippen LogP contribution < -0.4 is 10.1 Å². The molecule has 10 heteroatoms. The second-order valence-electron chi connectivity index (χ2n) is 6.12. The van der Waals surface area contributed by atoms with E-state index in [9.17, 15) is 22.8 Å². The van der Waals surface area contributed by atoms with Gasteiger partial charge in [0.1, 0.15) is 5.75 Å². The number of carbonyl (C=O) groups is 3. The fourth-order valence-electron chi connectivity index (χ4n) is 2.70. The first kappa shape index (κ1) is 20.5. The first-order valence-corrected chi connectivity index (χ1v) is 10.0. The van der Waals surface area contributed by atoms with Gasteiger partial charge in [-0.3, -0.25) is 4.79 Å². The lowest BCUT2D eigenvalue weighted by atomic mass is 10.2. The number of nitrogens with zero attached hydrogens (tertiary/aromatic N) is 1. The van der Waals surface area contributed by atoms with Crippen molar-refractivity contribution >= 4 is 27.9 Å². The number of esters is 2. The fourth-order valence-corrected chi connectivity index (χ4v) is 4.14. The van der Waals surface area contributed by atoms with E-state index >= 15 is 0 Å². The first-order chi connectivity index (χ1) is 13.8. The van der Waals surface area contributed by atoms with Crippen LogP contribution in [-0.4, -0.2) is 57.3 Å². The van der Waals surface area contributed by atoms with Gasteiger partial charge in [0.05, 0.1) is 29.7 Å². The third-order valence-corrected chi connectivity index (χ3v) is 6.04. The molecule has 3 rings (SSSR count). The SMILES string of the molecule is COC(=O)c1ccc(OC(=O)c2cccc(S(=O)(=O)N3CCNC(=O)C3)c2)cc1. The summed E-state index contributed by atoms with van der Waals surface area (Å²) >= 11 is 0. The molecule has 1 heterocycles. The van der Waals surface area contributed by atoms with Crippen LogP contribution in [-0.2, 0) is 19.6 Å². The van der Waals surface area contributed by atoms with Crippen LogP contribution in [0.5, 0.6) is 5.75 Å². The average Bonchev–Trinajstić information content (AvgIpc) is 2.73. The molecule has 1 saturated heterocycles. The molecule has 9 nitrogen and oxygen atoms in total. The standard InChI is InChI=1S/C19H18N2O7S/c1-27-18(23)13-5-7-15(8-6-13)28-19(24)14-3-2-4-16(11-14)29(25,26)21-10-9-20-17(22)12-21/h2-8,11H,9-10,12H2,1H3,(H,20,22). The number of nitrogens with one attached hydrogen (secondary N) is 1. The second-order valence-corrected chi connectivity index (χ2v) is 8.06. The van der Waals surface area contributed by atoms with Gasteiger partial charge in [-0.25, -0.2) is 18.0 Å². The molecular weight excluding hydrogens is 400 g/mol. The van der Waals surface area contributed by atoms with E-state index in [2.05, 4.69) is 10.1 Å². The number of piperazine rings is 1. The Labute approximate surface area is 167 Å². The largest absolute Gasteiger partial charge is 0.465 e. The Balaban J connectivity index is 1.77. The Hall–Kier alpha value is -3.24. The summed E-state index contributed by atoms with van der Waals surface area (Å²) in [7, 11) is -2.67. The van der Waals surface area contributed by atoms with Crippen LogP contribution in [0.15, 0.2) is 53.4 Å². The van der Waals surface area contributed by atoms with Crippen LogP contribution in [0.4, 0.5) is 0 Å². The predicted octanol–water partition coefficient (Wildman–Crippen LogP) is 0.813. The highest BCUT2D eigenvalue weighted by molar-refractivity contribution is 7.89. The molecule has 2 aromatic carbocycles. The summed E-state index contributed by atoms with van der Waals surface area (Å²) in [5.41, 5.74) is 0.329. The fraction of sp³-hybridized carbons (Fsp3) is 0.211. The number of hydrogen-bond donors (Lipinski definition) is 1. The van der Waals surface area contributed by atoms with Crippen LogP contribution in [0.2, 0.25) is 0 Å². The second kappa shape index (κ2) is 8.41. The summed E-state index contributed by atoms with van der Waals surface area (Å²) in [4.78, 5) is 35.2. The molecule has 29 heavy (non-hydrogen) atoms. The molecular formula is C19H18N2O7S. The molecule has 1 amide bonds. The zero-order valence-corrected chi connectivity index (χ0v) is 16.3. The lowest BCUT2D eigenvalue weighted by Gasteiger charge is -2.26. The monoisotopic (exact) mass is 418 g/mol. The van der Waals surface area contributed by atoms with Crippen LogP contribution in [0.3, 0.4) is 0 Å². The third kappa shape index (κ3) is 4.61. The number of amides is 1. The Morgan fingerprint density at radius 2 is 1.76 bits per heavy atom. The molecule has 0 saturated carbocycles. The van der Waals surface area contributed by atoms with Gasteiger partial charge in [-0.2, -0.15) is 4.31 Å². The molecule has 2 aromatic rings. The topological polar surface area (TPSA) is 119 Å². The molecule has 1 fully saturated rings. The summed E-state index contributed by atoms with van der Waals surface area (Å²) in [6.07, 6.45) is 0. The van der Waals surface area contributed by atoms with E-state index < -0.39 is 22.0 Å². The average molecular weight is 418 g/mol. The first-order valence-electron chi connectivity index (χ1n) is 8.59. The van der Waals surface area contributed by atoms with Crippen LogP contribution in [0, 0.1) is 0 Å². The summed E-state index contributed by atoms with van der Waals surface area (Å²) in [6, 6.07) is 11.1. The van der Waals surface area contributed by atoms with Gasteiger partial charge in [-0.05, 0) is 42.5 Å². The zero-order chi connectivity index (χ0) is 21.0. The Bertz CT molecular complexity index is 1050. The predicted molar refractivity (Wildman–Crippen MR) is 101 cm³/mol. The minimum absolute atomic E-state index is 0.0320. The van der Waals surface area contributed by atoms with E-state index in [1.165, 1.54) is 55.6 Å². The normalized spacial score (nSPS) is 14.7. The highest BCUT2D eigenvalue weighted by Gasteiger charge is 2.29. The molecule has 0 spiro atoms. The number of benzene rings is 2. The maximum atomic E-state index is 12.7. The van der Waals surface area contributed by atoms with Crippen molar-refractivity contribution in [2.75, 3.05) is 26.7 Å². The molecule has 0 aliphatic carbocycles. The van der Waals surface area contributed by atoms with E-state index in [1.807, 2.05) is 0 Å². The van der Waals surface area contributed by atoms with Gasteiger partial charge in [0.25, 0.3) is 0 Å². The van der Waals surface area contributed by atoms with Gasteiger partial charge in [-0.15, -0.1) is 0 Å². The molecule has 0 aromatic heterocycles. The van der Waals surface area contributed by atoms with E-state index in [-0.39, 0.29) is 41.7 Å². The molecule has 0 radical (unpaired) electrons. The van der Waals surface area contributed by atoms with Crippen molar-refractivity contribution in [2.24, 2.45) is 0 Å². The van der Waals surface area contributed by atoms with Gasteiger partial charge in [-0.1, -0.05) is 6.07 Å². The highest BCUT2D eigenvalue weighted by atomic mass is 32.2. The van der Waals surface area contributed by atoms with Crippen molar-refractivity contribution in [1.82, 2.24) is 9.62 Å². The van der Waals surface area contributed by atoms with Crippen molar-refractivity contribution in [2.45, 2.75) is 4.90 Å². The molecule has 0 atom stereocenters. The molecule has 0 unspecified atom stereocenters. The van der Waals surface area contributed by atoms with Gasteiger partial charge in [0.15, 0.2) is 0 Å². The third-order valence-electron chi connectivity index (χ3n) is 4.20. The molecule has 152 valence electrons. The number of ether oxygens (including phenoxy) is 2. The molecule has 1 aliphatic rings. The lowest BCUT2D eigenvalue weighted by molar-refractivity contribution is -0.122. The Morgan fingerprint density at radius 3 is 2.41 bits per heavy atom.